The van der Waals surface area contributed by atoms with Crippen LogP contribution in [-0.4, -0.2) is 78.4 Å². The van der Waals surface area contributed by atoms with Gasteiger partial charge in [-0.2, -0.15) is 0 Å². The Morgan fingerprint density at radius 3 is 2.59 bits per heavy atom. The molecular formula is C26H35FN4O3. The van der Waals surface area contributed by atoms with Gasteiger partial charge in [-0.05, 0) is 69.8 Å². The van der Waals surface area contributed by atoms with Crippen molar-refractivity contribution in [3.63, 3.8) is 0 Å². The lowest BCUT2D eigenvalue weighted by molar-refractivity contribution is -0.139. The average Bonchev–Trinajstić information content (AvgIpc) is 3.07. The summed E-state index contributed by atoms with van der Waals surface area (Å²) in [4.78, 5) is 44.8. The van der Waals surface area contributed by atoms with E-state index in [2.05, 4.69) is 17.5 Å². The maximum Gasteiger partial charge on any atom is 0.325 e. The van der Waals surface area contributed by atoms with Crippen molar-refractivity contribution in [1.82, 2.24) is 20.0 Å². The predicted octanol–water partition coefficient (Wildman–Crippen LogP) is 2.82. The number of allylic oxidation sites excluding steroid dienone is 2. The molecular weight excluding hydrogens is 435 g/mol. The summed E-state index contributed by atoms with van der Waals surface area (Å²) in [6.45, 7) is 2.00. The first-order valence-electron chi connectivity index (χ1n) is 12.3. The third-order valence-electron chi connectivity index (χ3n) is 7.47. The number of nitrogens with one attached hydrogen (secondary N) is 1. The lowest BCUT2D eigenvalue weighted by atomic mass is 9.73. The Morgan fingerprint density at radius 2 is 1.94 bits per heavy atom. The zero-order valence-electron chi connectivity index (χ0n) is 20.1. The molecule has 2 saturated heterocycles. The Labute approximate surface area is 201 Å². The Bertz CT molecular complexity index is 957. The van der Waals surface area contributed by atoms with Gasteiger partial charge in [0.1, 0.15) is 11.4 Å². The predicted molar refractivity (Wildman–Crippen MR) is 127 cm³/mol. The van der Waals surface area contributed by atoms with Gasteiger partial charge in [0.15, 0.2) is 0 Å². The molecule has 0 aromatic heterocycles. The summed E-state index contributed by atoms with van der Waals surface area (Å²) in [5.41, 5.74) is -0.449. The SMILES string of the molecule is CN(C)CCN1C(=O)NC(Cc2cccc(F)c2)(C2CCN(C(=O)C3CC=CCC3)CC2)C1=O. The number of halogens is 1. The fourth-order valence-electron chi connectivity index (χ4n) is 5.53. The molecule has 1 N–H and O–H groups in total. The molecule has 2 aliphatic heterocycles. The smallest absolute Gasteiger partial charge is 0.325 e. The number of nitrogens with zero attached hydrogens (tertiary/aromatic N) is 3. The van der Waals surface area contributed by atoms with Crippen molar-refractivity contribution in [2.75, 3.05) is 40.3 Å². The Balaban J connectivity index is 1.53. The lowest BCUT2D eigenvalue weighted by Gasteiger charge is -2.42. The van der Waals surface area contributed by atoms with Gasteiger partial charge in [-0.3, -0.25) is 14.5 Å². The van der Waals surface area contributed by atoms with E-state index in [-0.39, 0.29) is 35.9 Å². The van der Waals surface area contributed by atoms with E-state index in [4.69, 9.17) is 0 Å². The minimum absolute atomic E-state index is 0.0390. The Kier molecular flexibility index (Phi) is 7.36. The van der Waals surface area contributed by atoms with Crippen molar-refractivity contribution < 1.29 is 18.8 Å². The zero-order chi connectivity index (χ0) is 24.3. The Hall–Kier alpha value is -2.74. The third kappa shape index (κ3) is 5.02. The van der Waals surface area contributed by atoms with Crippen LogP contribution in [0.4, 0.5) is 9.18 Å². The Morgan fingerprint density at radius 1 is 1.18 bits per heavy atom. The molecule has 8 heteroatoms. The number of likely N-dealkylation sites (N-methyl/N-ethyl adjacent to an activating group) is 1. The molecule has 34 heavy (non-hydrogen) atoms. The number of urea groups is 1. The molecule has 4 rings (SSSR count). The van der Waals surface area contributed by atoms with Gasteiger partial charge in [-0.15, -0.1) is 0 Å². The fraction of sp³-hybridized carbons (Fsp3) is 0.577. The monoisotopic (exact) mass is 470 g/mol. The second kappa shape index (κ2) is 10.3. The molecule has 1 aromatic rings. The second-order valence-corrected chi connectivity index (χ2v) is 10.0. The molecule has 0 bridgehead atoms. The highest BCUT2D eigenvalue weighted by Gasteiger charge is 2.56. The number of piperidine rings is 1. The minimum Gasteiger partial charge on any atom is -0.342 e. The van der Waals surface area contributed by atoms with Crippen LogP contribution in [0.5, 0.6) is 0 Å². The van der Waals surface area contributed by atoms with E-state index in [1.54, 1.807) is 12.1 Å². The molecule has 2 heterocycles. The molecule has 7 nitrogen and oxygen atoms in total. The maximum atomic E-state index is 13.9. The van der Waals surface area contributed by atoms with Crippen molar-refractivity contribution in [3.8, 4) is 0 Å². The quantitative estimate of drug-likeness (QED) is 0.491. The van der Waals surface area contributed by atoms with E-state index in [0.29, 0.717) is 44.6 Å². The maximum absolute atomic E-state index is 13.9. The highest BCUT2D eigenvalue weighted by molar-refractivity contribution is 6.07. The summed E-state index contributed by atoms with van der Waals surface area (Å²) < 4.78 is 13.9. The zero-order valence-corrected chi connectivity index (χ0v) is 20.1. The number of hydrogen-bond acceptors (Lipinski definition) is 4. The molecule has 0 radical (unpaired) electrons. The summed E-state index contributed by atoms with van der Waals surface area (Å²) in [7, 11) is 3.79. The molecule has 184 valence electrons. The van der Waals surface area contributed by atoms with Gasteiger partial charge in [0, 0.05) is 38.5 Å². The summed E-state index contributed by atoms with van der Waals surface area (Å²) in [5.74, 6) is -0.512. The van der Waals surface area contributed by atoms with Crippen LogP contribution in [0.15, 0.2) is 36.4 Å². The molecule has 1 aliphatic carbocycles. The number of hydrogen-bond donors (Lipinski definition) is 1. The molecule has 4 amide bonds. The average molecular weight is 471 g/mol. The van der Waals surface area contributed by atoms with Crippen LogP contribution in [0.25, 0.3) is 0 Å². The highest BCUT2D eigenvalue weighted by Crippen LogP contribution is 2.37. The molecule has 1 aromatic carbocycles. The number of rotatable bonds is 7. The van der Waals surface area contributed by atoms with Crippen LogP contribution in [0.2, 0.25) is 0 Å². The normalized spacial score (nSPS) is 25.8. The van der Waals surface area contributed by atoms with E-state index < -0.39 is 11.6 Å². The number of amides is 4. The van der Waals surface area contributed by atoms with Gasteiger partial charge < -0.3 is 15.1 Å². The van der Waals surface area contributed by atoms with Gasteiger partial charge in [-0.25, -0.2) is 9.18 Å². The lowest BCUT2D eigenvalue weighted by Crippen LogP contribution is -2.58. The van der Waals surface area contributed by atoms with E-state index in [1.807, 2.05) is 23.9 Å². The van der Waals surface area contributed by atoms with Crippen molar-refractivity contribution in [2.24, 2.45) is 11.8 Å². The van der Waals surface area contributed by atoms with E-state index >= 15 is 0 Å². The van der Waals surface area contributed by atoms with E-state index in [1.165, 1.54) is 17.0 Å². The van der Waals surface area contributed by atoms with Crippen molar-refractivity contribution >= 4 is 17.8 Å². The van der Waals surface area contributed by atoms with Crippen LogP contribution >= 0.6 is 0 Å². The molecule has 0 saturated carbocycles. The number of carbonyl (C=O) groups excluding carboxylic acids is 3. The first kappa shape index (κ1) is 24.4. The minimum atomic E-state index is -1.13. The molecule has 2 atom stereocenters. The molecule has 3 aliphatic rings. The summed E-state index contributed by atoms with van der Waals surface area (Å²) in [6.07, 6.45) is 8.30. The molecule has 2 unspecified atom stereocenters. The van der Waals surface area contributed by atoms with Crippen molar-refractivity contribution in [1.29, 1.82) is 0 Å². The van der Waals surface area contributed by atoms with Crippen LogP contribution in [0, 0.1) is 17.7 Å². The van der Waals surface area contributed by atoms with Gasteiger partial charge >= 0.3 is 6.03 Å². The largest absolute Gasteiger partial charge is 0.342 e. The summed E-state index contributed by atoms with van der Waals surface area (Å²) in [5, 5.41) is 3.02. The summed E-state index contributed by atoms with van der Waals surface area (Å²) in [6, 6.07) is 5.83. The number of benzene rings is 1. The van der Waals surface area contributed by atoms with Crippen LogP contribution in [-0.2, 0) is 16.0 Å². The fourth-order valence-corrected chi connectivity index (χ4v) is 5.53. The van der Waals surface area contributed by atoms with Gasteiger partial charge in [0.2, 0.25) is 5.91 Å². The van der Waals surface area contributed by atoms with Crippen LogP contribution in [0.1, 0.15) is 37.7 Å². The number of likely N-dealkylation sites (tertiary alicyclic amines) is 1. The molecule has 2 fully saturated rings. The second-order valence-electron chi connectivity index (χ2n) is 10.0. The van der Waals surface area contributed by atoms with E-state index in [0.717, 1.165) is 19.3 Å². The topological polar surface area (TPSA) is 73.0 Å². The van der Waals surface area contributed by atoms with E-state index in [9.17, 15) is 18.8 Å². The van der Waals surface area contributed by atoms with Crippen molar-refractivity contribution in [2.45, 2.75) is 44.1 Å². The third-order valence-corrected chi connectivity index (χ3v) is 7.47. The highest BCUT2D eigenvalue weighted by atomic mass is 19.1. The number of carbonyl (C=O) groups is 3. The van der Waals surface area contributed by atoms with Crippen LogP contribution < -0.4 is 5.32 Å². The van der Waals surface area contributed by atoms with Gasteiger partial charge in [0.05, 0.1) is 0 Å². The molecule has 0 spiro atoms. The summed E-state index contributed by atoms with van der Waals surface area (Å²) >= 11 is 0. The first-order chi connectivity index (χ1) is 16.3. The van der Waals surface area contributed by atoms with Crippen molar-refractivity contribution in [3.05, 3.63) is 47.8 Å². The number of imide groups is 1. The van der Waals surface area contributed by atoms with Crippen LogP contribution in [0.3, 0.4) is 0 Å². The first-order valence-corrected chi connectivity index (χ1v) is 12.3. The van der Waals surface area contributed by atoms with Gasteiger partial charge in [-0.1, -0.05) is 24.3 Å². The van der Waals surface area contributed by atoms with Gasteiger partial charge in [0.25, 0.3) is 5.91 Å². The standard InChI is InChI=1S/C26H35FN4O3/c1-29(2)15-16-31-24(33)26(28-25(31)34,18-19-7-6-10-22(27)17-19)21-11-13-30(14-12-21)23(32)20-8-4-3-5-9-20/h3-4,6-7,10,17,20-21H,5,8-9,11-16,18H2,1-2H3,(H,28,34).